The summed E-state index contributed by atoms with van der Waals surface area (Å²) in [6, 6.07) is 6.16. The highest BCUT2D eigenvalue weighted by Gasteiger charge is 2.17. The Bertz CT molecular complexity index is 630. The minimum absolute atomic E-state index is 0.0915. The Morgan fingerprint density at radius 1 is 1.27 bits per heavy atom. The second-order valence-electron chi connectivity index (χ2n) is 5.71. The molecule has 3 N–H and O–H groups in total. The number of halogens is 1. The molecule has 1 atom stereocenters. The van der Waals surface area contributed by atoms with Gasteiger partial charge < -0.3 is 15.6 Å². The van der Waals surface area contributed by atoms with Crippen molar-refractivity contribution in [1.82, 2.24) is 15.6 Å². The molecule has 1 saturated heterocycles. The van der Waals surface area contributed by atoms with E-state index in [0.29, 0.717) is 18.0 Å². The Morgan fingerprint density at radius 3 is 2.82 bits per heavy atom. The molecule has 4 nitrogen and oxygen atoms in total. The minimum Gasteiger partial charge on any atom is -0.366 e. The number of benzene rings is 1. The van der Waals surface area contributed by atoms with Crippen molar-refractivity contribution in [3.8, 4) is 11.1 Å². The number of carbonyl (C=O) groups excluding carboxylic acids is 1. The predicted octanol–water partition coefficient (Wildman–Crippen LogP) is 2.55. The van der Waals surface area contributed by atoms with Crippen LogP contribution in [-0.2, 0) is 0 Å². The molecule has 0 bridgehead atoms. The Kier molecular flexibility index (Phi) is 4.53. The Hall–Kier alpha value is -2.14. The molecule has 1 aromatic heterocycles. The molecule has 1 amide bonds. The van der Waals surface area contributed by atoms with E-state index in [2.05, 4.69) is 15.6 Å². The summed E-state index contributed by atoms with van der Waals surface area (Å²) in [5.74, 6) is 0.118. The fourth-order valence-electron chi connectivity index (χ4n) is 2.85. The molecule has 0 spiro atoms. The van der Waals surface area contributed by atoms with Crippen molar-refractivity contribution < 1.29 is 9.18 Å². The third-order valence-electron chi connectivity index (χ3n) is 4.10. The van der Waals surface area contributed by atoms with Crippen LogP contribution in [-0.4, -0.2) is 30.5 Å². The topological polar surface area (TPSA) is 56.9 Å². The number of aromatic nitrogens is 1. The van der Waals surface area contributed by atoms with Gasteiger partial charge in [0.1, 0.15) is 5.82 Å². The number of hydrogen-bond donors (Lipinski definition) is 3. The molecule has 1 fully saturated rings. The molecule has 1 aliphatic rings. The highest BCUT2D eigenvalue weighted by Crippen LogP contribution is 2.23. The Labute approximate surface area is 129 Å². The number of amides is 1. The van der Waals surface area contributed by atoms with Crippen LogP contribution < -0.4 is 10.6 Å². The molecule has 3 rings (SSSR count). The van der Waals surface area contributed by atoms with Gasteiger partial charge in [-0.15, -0.1) is 0 Å². The maximum atomic E-state index is 13.0. The second-order valence-corrected chi connectivity index (χ2v) is 5.71. The van der Waals surface area contributed by atoms with E-state index in [1.807, 2.05) is 0 Å². The molecule has 0 radical (unpaired) electrons. The van der Waals surface area contributed by atoms with Gasteiger partial charge in [0.25, 0.3) is 5.91 Å². The van der Waals surface area contributed by atoms with Crippen LogP contribution in [0.2, 0.25) is 0 Å². The normalized spacial score (nSPS) is 18.1. The van der Waals surface area contributed by atoms with Gasteiger partial charge in [0.15, 0.2) is 0 Å². The largest absolute Gasteiger partial charge is 0.366 e. The lowest BCUT2D eigenvalue weighted by Crippen LogP contribution is -2.38. The minimum atomic E-state index is -0.282. The summed E-state index contributed by atoms with van der Waals surface area (Å²) in [5, 5.41) is 6.35. The van der Waals surface area contributed by atoms with Crippen molar-refractivity contribution in [1.29, 1.82) is 0 Å². The summed E-state index contributed by atoms with van der Waals surface area (Å²) in [5.41, 5.74) is 2.21. The fraction of sp³-hybridized carbons (Fsp3) is 0.353. The summed E-state index contributed by atoms with van der Waals surface area (Å²) in [7, 11) is 0. The van der Waals surface area contributed by atoms with Crippen LogP contribution in [0.3, 0.4) is 0 Å². The van der Waals surface area contributed by atoms with Gasteiger partial charge in [0.2, 0.25) is 0 Å². The average molecular weight is 301 g/mol. The van der Waals surface area contributed by atoms with Gasteiger partial charge in [-0.05, 0) is 49.5 Å². The Morgan fingerprint density at radius 2 is 2.09 bits per heavy atom. The number of carbonyl (C=O) groups is 1. The maximum absolute atomic E-state index is 13.0. The molecule has 0 aliphatic carbocycles. The quantitative estimate of drug-likeness (QED) is 0.813. The van der Waals surface area contributed by atoms with E-state index in [1.165, 1.54) is 12.1 Å². The first-order valence-corrected chi connectivity index (χ1v) is 7.65. The molecular formula is C17H20FN3O. The van der Waals surface area contributed by atoms with E-state index >= 15 is 0 Å². The van der Waals surface area contributed by atoms with Gasteiger partial charge in [-0.3, -0.25) is 4.79 Å². The molecule has 2 heterocycles. The molecule has 5 heteroatoms. The lowest BCUT2D eigenvalue weighted by atomic mass is 9.99. The number of H-pyrrole nitrogens is 1. The van der Waals surface area contributed by atoms with Gasteiger partial charge in [0.05, 0.1) is 5.56 Å². The first kappa shape index (κ1) is 14.8. The van der Waals surface area contributed by atoms with Gasteiger partial charge >= 0.3 is 0 Å². The van der Waals surface area contributed by atoms with Crippen LogP contribution in [0.15, 0.2) is 36.7 Å². The number of hydrogen-bond acceptors (Lipinski definition) is 2. The van der Waals surface area contributed by atoms with Crippen molar-refractivity contribution in [2.45, 2.75) is 12.8 Å². The van der Waals surface area contributed by atoms with Gasteiger partial charge in [-0.2, -0.15) is 0 Å². The van der Waals surface area contributed by atoms with Crippen molar-refractivity contribution in [3.05, 3.63) is 48.0 Å². The summed E-state index contributed by atoms with van der Waals surface area (Å²) < 4.78 is 13.0. The standard InChI is InChI=1S/C17H20FN3O/c18-14-5-3-13(4-6-14)15-10-20-11-16(15)17(22)21-9-12-2-1-7-19-8-12/h3-6,10-12,19-20H,1-2,7-9H2,(H,21,22). The highest BCUT2D eigenvalue weighted by molar-refractivity contribution is 6.00. The number of aromatic amines is 1. The van der Waals surface area contributed by atoms with Crippen LogP contribution in [0.1, 0.15) is 23.2 Å². The third-order valence-corrected chi connectivity index (χ3v) is 4.10. The summed E-state index contributed by atoms with van der Waals surface area (Å²) in [6.45, 7) is 2.70. The van der Waals surface area contributed by atoms with E-state index in [1.54, 1.807) is 24.5 Å². The lowest BCUT2D eigenvalue weighted by Gasteiger charge is -2.22. The SMILES string of the molecule is O=C(NCC1CCCNC1)c1c[nH]cc1-c1ccc(F)cc1. The predicted molar refractivity (Wildman–Crippen MR) is 84.1 cm³/mol. The Balaban J connectivity index is 1.68. The fourth-order valence-corrected chi connectivity index (χ4v) is 2.85. The van der Waals surface area contributed by atoms with Crippen LogP contribution in [0.4, 0.5) is 4.39 Å². The van der Waals surface area contributed by atoms with Crippen molar-refractivity contribution in [2.75, 3.05) is 19.6 Å². The first-order valence-electron chi connectivity index (χ1n) is 7.65. The molecule has 116 valence electrons. The van der Waals surface area contributed by atoms with Crippen LogP contribution >= 0.6 is 0 Å². The summed E-state index contributed by atoms with van der Waals surface area (Å²) >= 11 is 0. The van der Waals surface area contributed by atoms with Crippen molar-refractivity contribution >= 4 is 5.91 Å². The van der Waals surface area contributed by atoms with E-state index in [4.69, 9.17) is 0 Å². The van der Waals surface area contributed by atoms with Crippen molar-refractivity contribution in [3.63, 3.8) is 0 Å². The van der Waals surface area contributed by atoms with Gasteiger partial charge in [-0.25, -0.2) is 4.39 Å². The zero-order chi connectivity index (χ0) is 15.4. The third kappa shape index (κ3) is 3.36. The van der Waals surface area contributed by atoms with Gasteiger partial charge in [-0.1, -0.05) is 12.1 Å². The molecule has 1 unspecified atom stereocenters. The molecule has 1 aromatic carbocycles. The summed E-state index contributed by atoms with van der Waals surface area (Å²) in [6.07, 6.45) is 5.76. The van der Waals surface area contributed by atoms with E-state index < -0.39 is 0 Å². The number of nitrogens with one attached hydrogen (secondary N) is 3. The van der Waals surface area contributed by atoms with Crippen LogP contribution in [0.25, 0.3) is 11.1 Å². The highest BCUT2D eigenvalue weighted by atomic mass is 19.1. The van der Waals surface area contributed by atoms with Crippen LogP contribution in [0, 0.1) is 11.7 Å². The zero-order valence-electron chi connectivity index (χ0n) is 12.4. The first-order chi connectivity index (χ1) is 10.7. The van der Waals surface area contributed by atoms with Gasteiger partial charge in [0, 0.05) is 24.5 Å². The number of rotatable bonds is 4. The summed E-state index contributed by atoms with van der Waals surface area (Å²) in [4.78, 5) is 15.3. The molecular weight excluding hydrogens is 281 g/mol. The molecule has 2 aromatic rings. The molecule has 1 aliphatic heterocycles. The second kappa shape index (κ2) is 6.75. The monoisotopic (exact) mass is 301 g/mol. The van der Waals surface area contributed by atoms with E-state index in [9.17, 15) is 9.18 Å². The van der Waals surface area contributed by atoms with Crippen molar-refractivity contribution in [2.24, 2.45) is 5.92 Å². The van der Waals surface area contributed by atoms with E-state index in [0.717, 1.165) is 37.1 Å². The van der Waals surface area contributed by atoms with E-state index in [-0.39, 0.29) is 11.7 Å². The average Bonchev–Trinajstić information content (AvgIpc) is 3.04. The van der Waals surface area contributed by atoms with Crippen LogP contribution in [0.5, 0.6) is 0 Å². The molecule has 0 saturated carbocycles. The molecule has 22 heavy (non-hydrogen) atoms. The zero-order valence-corrected chi connectivity index (χ0v) is 12.4. The lowest BCUT2D eigenvalue weighted by molar-refractivity contribution is 0.0945. The maximum Gasteiger partial charge on any atom is 0.253 e. The smallest absolute Gasteiger partial charge is 0.253 e. The number of piperidine rings is 1.